The summed E-state index contributed by atoms with van der Waals surface area (Å²) in [5.41, 5.74) is 1.64. The van der Waals surface area contributed by atoms with Crippen LogP contribution in [0.5, 0.6) is 11.5 Å². The van der Waals surface area contributed by atoms with Crippen molar-refractivity contribution in [2.24, 2.45) is 0 Å². The number of aromatic nitrogens is 1. The molecule has 1 aromatic heterocycles. The molecule has 0 saturated heterocycles. The number of hydrogen-bond donors (Lipinski definition) is 2. The van der Waals surface area contributed by atoms with E-state index in [0.717, 1.165) is 28.6 Å². The van der Waals surface area contributed by atoms with E-state index in [0.29, 0.717) is 6.07 Å². The van der Waals surface area contributed by atoms with E-state index in [1.165, 1.54) is 0 Å². The standard InChI is InChI=1S/C20H18F6N2O4S/c21-19(22,23)11-31-14-5-6-17(32-12-20(24,25)26)18(9-14)33(29,30)28-8-7-13-10-27-16-4-2-1-3-15(13)16/h1-6,9-10,27-28H,7-8,11-12H2. The molecule has 0 bridgehead atoms. The Morgan fingerprint density at radius 1 is 0.909 bits per heavy atom. The summed E-state index contributed by atoms with van der Waals surface area (Å²) in [5, 5.41) is 0.869. The molecule has 0 unspecified atom stereocenters. The number of alkyl halides is 6. The van der Waals surface area contributed by atoms with Crippen molar-refractivity contribution < 1.29 is 44.2 Å². The van der Waals surface area contributed by atoms with E-state index in [9.17, 15) is 34.8 Å². The van der Waals surface area contributed by atoms with Gasteiger partial charge in [0.15, 0.2) is 13.2 Å². The summed E-state index contributed by atoms with van der Waals surface area (Å²) < 4.78 is 112. The first-order chi connectivity index (χ1) is 15.3. The minimum atomic E-state index is -4.75. The van der Waals surface area contributed by atoms with Gasteiger partial charge in [-0.25, -0.2) is 13.1 Å². The average Bonchev–Trinajstić information content (AvgIpc) is 3.13. The Kier molecular flexibility index (Phi) is 7.12. The normalized spacial score (nSPS) is 12.8. The third-order valence-corrected chi connectivity index (χ3v) is 5.84. The van der Waals surface area contributed by atoms with Crippen molar-refractivity contribution in [3.63, 3.8) is 0 Å². The third kappa shape index (κ3) is 7.02. The highest BCUT2D eigenvalue weighted by atomic mass is 32.2. The van der Waals surface area contributed by atoms with Crippen LogP contribution in [0, 0.1) is 0 Å². The predicted molar refractivity (Wildman–Crippen MR) is 107 cm³/mol. The summed E-state index contributed by atoms with van der Waals surface area (Å²) in [6, 6.07) is 9.68. The molecule has 180 valence electrons. The zero-order valence-corrected chi connectivity index (χ0v) is 17.6. The van der Waals surface area contributed by atoms with Crippen molar-refractivity contribution in [2.45, 2.75) is 23.7 Å². The monoisotopic (exact) mass is 496 g/mol. The van der Waals surface area contributed by atoms with E-state index in [1.807, 2.05) is 18.2 Å². The van der Waals surface area contributed by atoms with Crippen molar-refractivity contribution in [2.75, 3.05) is 19.8 Å². The van der Waals surface area contributed by atoms with Crippen LogP contribution in [0.4, 0.5) is 26.3 Å². The SMILES string of the molecule is O=S(=O)(NCCc1c[nH]c2ccccc12)c1cc(OCC(F)(F)F)ccc1OCC(F)(F)F. The average molecular weight is 496 g/mol. The molecule has 3 aromatic rings. The van der Waals surface area contributed by atoms with Gasteiger partial charge in [0.2, 0.25) is 10.0 Å². The van der Waals surface area contributed by atoms with Crippen molar-refractivity contribution in [1.82, 2.24) is 9.71 Å². The van der Waals surface area contributed by atoms with Crippen molar-refractivity contribution in [1.29, 1.82) is 0 Å². The van der Waals surface area contributed by atoms with Gasteiger partial charge in [0.25, 0.3) is 0 Å². The van der Waals surface area contributed by atoms with Gasteiger partial charge in [-0.2, -0.15) is 26.3 Å². The summed E-state index contributed by atoms with van der Waals surface area (Å²) in [6.07, 6.45) is -7.51. The number of rotatable bonds is 9. The molecule has 2 N–H and O–H groups in total. The molecule has 0 saturated carbocycles. The Morgan fingerprint density at radius 3 is 2.27 bits per heavy atom. The molecule has 0 spiro atoms. The van der Waals surface area contributed by atoms with Gasteiger partial charge in [0.1, 0.15) is 16.4 Å². The number of sulfonamides is 1. The molecule has 0 aliphatic rings. The van der Waals surface area contributed by atoms with Gasteiger partial charge in [0, 0.05) is 29.7 Å². The highest BCUT2D eigenvalue weighted by molar-refractivity contribution is 7.89. The number of aromatic amines is 1. The van der Waals surface area contributed by atoms with Gasteiger partial charge in [-0.3, -0.25) is 0 Å². The summed E-state index contributed by atoms with van der Waals surface area (Å²) in [5.74, 6) is -1.17. The zero-order valence-electron chi connectivity index (χ0n) is 16.8. The quantitative estimate of drug-likeness (QED) is 0.426. The first-order valence-electron chi connectivity index (χ1n) is 9.42. The number of nitrogens with one attached hydrogen (secondary N) is 2. The number of hydrogen-bond acceptors (Lipinski definition) is 4. The molecule has 0 atom stereocenters. The molecule has 0 fully saturated rings. The van der Waals surface area contributed by atoms with Crippen LogP contribution in [0.3, 0.4) is 0 Å². The van der Waals surface area contributed by atoms with E-state index < -0.39 is 52.0 Å². The fourth-order valence-electron chi connectivity index (χ4n) is 2.97. The first-order valence-corrected chi connectivity index (χ1v) is 10.9. The maximum absolute atomic E-state index is 12.8. The van der Waals surface area contributed by atoms with E-state index in [1.54, 1.807) is 12.3 Å². The number of para-hydroxylation sites is 1. The molecule has 13 heteroatoms. The molecule has 3 rings (SSSR count). The molecule has 0 amide bonds. The minimum Gasteiger partial charge on any atom is -0.484 e. The summed E-state index contributed by atoms with van der Waals surface area (Å²) >= 11 is 0. The highest BCUT2D eigenvalue weighted by Gasteiger charge is 2.31. The lowest BCUT2D eigenvalue weighted by Crippen LogP contribution is -2.27. The Hall–Kier alpha value is -2.93. The smallest absolute Gasteiger partial charge is 0.422 e. The van der Waals surface area contributed by atoms with E-state index in [2.05, 4.69) is 19.2 Å². The molecule has 6 nitrogen and oxygen atoms in total. The van der Waals surface area contributed by atoms with Crippen LogP contribution >= 0.6 is 0 Å². The lowest BCUT2D eigenvalue weighted by Gasteiger charge is -2.16. The molecule has 1 heterocycles. The van der Waals surface area contributed by atoms with Crippen molar-refractivity contribution in [3.05, 3.63) is 54.2 Å². The second-order valence-electron chi connectivity index (χ2n) is 6.92. The lowest BCUT2D eigenvalue weighted by molar-refractivity contribution is -0.154. The first kappa shape index (κ1) is 24.7. The summed E-state index contributed by atoms with van der Waals surface area (Å²) in [4.78, 5) is 2.26. The van der Waals surface area contributed by atoms with Gasteiger partial charge in [-0.05, 0) is 30.2 Å². The van der Waals surface area contributed by atoms with E-state index >= 15 is 0 Å². The number of fused-ring (bicyclic) bond motifs is 1. The van der Waals surface area contributed by atoms with Crippen LogP contribution in [0.25, 0.3) is 10.9 Å². The second kappa shape index (κ2) is 9.51. The maximum atomic E-state index is 12.8. The Labute approximate surface area is 184 Å². The second-order valence-corrected chi connectivity index (χ2v) is 8.66. The number of benzene rings is 2. The molecule has 2 aromatic carbocycles. The predicted octanol–water partition coefficient (Wildman–Crippen LogP) is 4.57. The summed E-state index contributed by atoms with van der Waals surface area (Å²) in [6.45, 7) is -3.62. The van der Waals surface area contributed by atoms with Gasteiger partial charge in [-0.15, -0.1) is 0 Å². The molecule has 0 radical (unpaired) electrons. The number of H-pyrrole nitrogens is 1. The number of ether oxygens (including phenoxy) is 2. The van der Waals surface area contributed by atoms with E-state index in [4.69, 9.17) is 0 Å². The third-order valence-electron chi connectivity index (χ3n) is 4.36. The lowest BCUT2D eigenvalue weighted by atomic mass is 10.1. The van der Waals surface area contributed by atoms with Crippen LogP contribution in [0.15, 0.2) is 53.6 Å². The molecular formula is C20H18F6N2O4S. The van der Waals surface area contributed by atoms with Crippen molar-refractivity contribution in [3.8, 4) is 11.5 Å². The zero-order chi connectivity index (χ0) is 24.3. The Balaban J connectivity index is 1.79. The maximum Gasteiger partial charge on any atom is 0.422 e. The fourth-order valence-corrected chi connectivity index (χ4v) is 4.16. The van der Waals surface area contributed by atoms with Gasteiger partial charge in [-0.1, -0.05) is 18.2 Å². The van der Waals surface area contributed by atoms with Crippen LogP contribution < -0.4 is 14.2 Å². The largest absolute Gasteiger partial charge is 0.484 e. The molecular weight excluding hydrogens is 478 g/mol. The van der Waals surface area contributed by atoms with Crippen LogP contribution in [0.1, 0.15) is 5.56 Å². The minimum absolute atomic E-state index is 0.128. The van der Waals surface area contributed by atoms with Crippen molar-refractivity contribution >= 4 is 20.9 Å². The highest BCUT2D eigenvalue weighted by Crippen LogP contribution is 2.31. The summed E-state index contributed by atoms with van der Waals surface area (Å²) in [7, 11) is -4.46. The topological polar surface area (TPSA) is 80.4 Å². The number of halogens is 6. The van der Waals surface area contributed by atoms with Crippen LogP contribution in [-0.2, 0) is 16.4 Å². The molecule has 0 aliphatic carbocycles. The Morgan fingerprint density at radius 2 is 1.58 bits per heavy atom. The van der Waals surface area contributed by atoms with Gasteiger partial charge < -0.3 is 14.5 Å². The van der Waals surface area contributed by atoms with Crippen LogP contribution in [0.2, 0.25) is 0 Å². The molecule has 33 heavy (non-hydrogen) atoms. The van der Waals surface area contributed by atoms with E-state index in [-0.39, 0.29) is 13.0 Å². The molecule has 0 aliphatic heterocycles. The fraction of sp³-hybridized carbons (Fsp3) is 0.300. The van der Waals surface area contributed by atoms with Gasteiger partial charge in [0.05, 0.1) is 0 Å². The van der Waals surface area contributed by atoms with Crippen LogP contribution in [-0.4, -0.2) is 45.5 Å². The van der Waals surface area contributed by atoms with Gasteiger partial charge >= 0.3 is 12.4 Å². The Bertz CT molecular complexity index is 1210.